The minimum Gasteiger partial charge on any atom is -0.481 e. The van der Waals surface area contributed by atoms with Crippen molar-refractivity contribution in [3.63, 3.8) is 0 Å². The Labute approximate surface area is 237 Å². The lowest BCUT2D eigenvalue weighted by Crippen LogP contribution is -2.44. The second kappa shape index (κ2) is 12.5. The molecule has 0 radical (unpaired) electrons. The van der Waals surface area contributed by atoms with E-state index in [9.17, 15) is 27.9 Å². The van der Waals surface area contributed by atoms with Gasteiger partial charge in [0.05, 0.1) is 23.7 Å². The van der Waals surface area contributed by atoms with Crippen LogP contribution in [-0.2, 0) is 11.0 Å². The zero-order valence-electron chi connectivity index (χ0n) is 22.4. The highest BCUT2D eigenvalue weighted by Gasteiger charge is 2.44. The number of alkyl halides is 3. The molecule has 1 N–H and O–H groups in total. The minimum absolute atomic E-state index is 0.0870. The molecular weight excluding hydrogens is 554 g/mol. The monoisotopic (exact) mass is 589 g/mol. The van der Waals surface area contributed by atoms with E-state index in [-0.39, 0.29) is 60.2 Å². The zero-order valence-corrected chi connectivity index (χ0v) is 23.9. The summed E-state index contributed by atoms with van der Waals surface area (Å²) in [5.41, 5.74) is -1.03. The van der Waals surface area contributed by atoms with Crippen LogP contribution in [0.15, 0.2) is 41.1 Å². The number of halogens is 5. The number of carboxylic acid groups (broad SMARTS) is 1. The lowest BCUT2D eigenvalue weighted by atomic mass is 9.75. The Morgan fingerprint density at radius 1 is 1.18 bits per heavy atom. The Kier molecular flexibility index (Phi) is 10.0. The fourth-order valence-corrected chi connectivity index (χ4v) is 6.14. The third kappa shape index (κ3) is 7.48. The number of carbonyl (C=O) groups is 2. The molecule has 11 heteroatoms. The third-order valence-electron chi connectivity index (χ3n) is 8.09. The van der Waals surface area contributed by atoms with E-state index in [2.05, 4.69) is 32.1 Å². The zero-order chi connectivity index (χ0) is 29.1. The summed E-state index contributed by atoms with van der Waals surface area (Å²) < 4.78 is 44.2. The molecule has 39 heavy (non-hydrogen) atoms. The Bertz CT molecular complexity index is 1120. The molecule has 0 spiro atoms. The summed E-state index contributed by atoms with van der Waals surface area (Å²) in [5.74, 6) is -2.27. The molecule has 0 bridgehead atoms. The van der Waals surface area contributed by atoms with Gasteiger partial charge in [-0.1, -0.05) is 56.3 Å². The topological polar surface area (TPSA) is 75.4 Å². The van der Waals surface area contributed by atoms with Crippen molar-refractivity contribution in [1.29, 1.82) is 0 Å². The molecule has 0 atom stereocenters. The van der Waals surface area contributed by atoms with Gasteiger partial charge in [0.1, 0.15) is 0 Å². The van der Waals surface area contributed by atoms with Crippen LogP contribution in [0.4, 0.5) is 13.2 Å². The first-order chi connectivity index (χ1) is 18.2. The number of aromatic nitrogens is 2. The number of aliphatic carboxylic acids is 1. The molecule has 0 unspecified atom stereocenters. The number of carbonyl (C=O) groups excluding carboxylic acids is 1. The van der Waals surface area contributed by atoms with E-state index in [4.69, 9.17) is 23.2 Å². The van der Waals surface area contributed by atoms with Gasteiger partial charge < -0.3 is 10.0 Å². The number of hydrogen-bond donors (Lipinski definition) is 1. The molecule has 2 aliphatic rings. The van der Waals surface area contributed by atoms with Crippen LogP contribution in [0.3, 0.4) is 0 Å². The number of nitrogens with zero attached hydrogens (tertiary/aromatic N) is 3. The average Bonchev–Trinajstić information content (AvgIpc) is 3.32. The number of carboxylic acids is 1. The van der Waals surface area contributed by atoms with Crippen LogP contribution in [-0.4, -0.2) is 44.3 Å². The number of amides is 1. The molecule has 6 nitrogen and oxygen atoms in total. The first-order valence-corrected chi connectivity index (χ1v) is 14.0. The fourth-order valence-electron chi connectivity index (χ4n) is 5.69. The van der Waals surface area contributed by atoms with Crippen LogP contribution in [0.1, 0.15) is 93.7 Å². The van der Waals surface area contributed by atoms with Crippen LogP contribution in [0.5, 0.6) is 0 Å². The molecule has 1 aromatic rings. The van der Waals surface area contributed by atoms with Gasteiger partial charge in [-0.25, -0.2) is 0 Å². The van der Waals surface area contributed by atoms with E-state index in [1.54, 1.807) is 0 Å². The third-order valence-corrected chi connectivity index (χ3v) is 8.70. The maximum Gasteiger partial charge on any atom is 0.433 e. The van der Waals surface area contributed by atoms with Crippen LogP contribution in [0.25, 0.3) is 0 Å². The summed E-state index contributed by atoms with van der Waals surface area (Å²) >= 11 is 12.4. The van der Waals surface area contributed by atoms with Crippen LogP contribution in [0, 0.1) is 11.3 Å². The molecule has 0 aliphatic heterocycles. The Hall–Kier alpha value is -2.26. The summed E-state index contributed by atoms with van der Waals surface area (Å²) in [5, 5.41) is 13.7. The lowest BCUT2D eigenvalue weighted by Gasteiger charge is -2.40. The molecular formula is C28H36Cl2F3N3O3. The molecule has 2 saturated carbocycles. The van der Waals surface area contributed by atoms with E-state index >= 15 is 0 Å². The maximum absolute atomic E-state index is 14.5. The van der Waals surface area contributed by atoms with E-state index < -0.39 is 41.3 Å². The second-order valence-corrected chi connectivity index (χ2v) is 12.1. The number of rotatable bonds is 9. The minimum atomic E-state index is -4.83. The SMILES string of the molecule is C=C/C(Cl)=C(/CCN(C(=O)c1cnn(C2CCC(C(=O)O)CC2)c1C(F)(F)F)C1CCC(C)(C)CC1)C(=C)Cl. The van der Waals surface area contributed by atoms with Crippen molar-refractivity contribution in [3.05, 3.63) is 52.3 Å². The molecule has 3 rings (SSSR count). The normalized spacial score (nSPS) is 22.6. The first-order valence-electron chi connectivity index (χ1n) is 13.2. The standard InChI is InChI=1S/C28H36Cl2F3N3O3/c1-5-23(30)21(17(2)29)12-15-35(19-10-13-27(3,4)14-11-19)25(37)22-16-34-36(24(22)28(31,32)33)20-8-6-18(7-9-20)26(38)39/h5,16,18-20H,1-2,6-15H2,3-4H3,(H,38,39)/b23-21+. The van der Waals surface area contributed by atoms with E-state index in [0.717, 1.165) is 23.7 Å². The van der Waals surface area contributed by atoms with Gasteiger partial charge in [-0.05, 0) is 68.8 Å². The quantitative estimate of drug-likeness (QED) is 0.296. The van der Waals surface area contributed by atoms with Crippen molar-refractivity contribution < 1.29 is 27.9 Å². The summed E-state index contributed by atoms with van der Waals surface area (Å²) in [4.78, 5) is 26.7. The van der Waals surface area contributed by atoms with Gasteiger partial charge in [0.25, 0.3) is 5.91 Å². The van der Waals surface area contributed by atoms with E-state index in [0.29, 0.717) is 18.4 Å². The van der Waals surface area contributed by atoms with Crippen molar-refractivity contribution in [3.8, 4) is 0 Å². The Morgan fingerprint density at radius 2 is 1.77 bits per heavy atom. The first kappa shape index (κ1) is 31.3. The molecule has 216 valence electrons. The maximum atomic E-state index is 14.5. The van der Waals surface area contributed by atoms with Crippen LogP contribution >= 0.6 is 23.2 Å². The number of hydrogen-bond acceptors (Lipinski definition) is 3. The van der Waals surface area contributed by atoms with Gasteiger partial charge in [-0.2, -0.15) is 18.3 Å². The van der Waals surface area contributed by atoms with Gasteiger partial charge in [-0.3, -0.25) is 14.3 Å². The molecule has 2 fully saturated rings. The van der Waals surface area contributed by atoms with E-state index in [1.807, 2.05) is 0 Å². The predicted molar refractivity (Wildman–Crippen MR) is 146 cm³/mol. The number of allylic oxidation sites excluding steroid dienone is 3. The van der Waals surface area contributed by atoms with Gasteiger partial charge >= 0.3 is 12.1 Å². The van der Waals surface area contributed by atoms with E-state index in [1.165, 1.54) is 11.0 Å². The molecule has 1 heterocycles. The summed E-state index contributed by atoms with van der Waals surface area (Å²) in [6.45, 7) is 11.7. The van der Waals surface area contributed by atoms with Crippen molar-refractivity contribution in [2.75, 3.05) is 6.54 Å². The molecule has 2 aliphatic carbocycles. The fraction of sp³-hybridized carbons (Fsp3) is 0.607. The van der Waals surface area contributed by atoms with Crippen LogP contribution < -0.4 is 0 Å². The second-order valence-electron chi connectivity index (χ2n) is 11.3. The van der Waals surface area contributed by atoms with Gasteiger partial charge in [0, 0.05) is 22.7 Å². The summed E-state index contributed by atoms with van der Waals surface area (Å²) in [6, 6.07) is -0.892. The van der Waals surface area contributed by atoms with Crippen molar-refractivity contribution in [2.45, 2.75) is 89.9 Å². The molecule has 0 saturated heterocycles. The molecule has 1 amide bonds. The molecule has 1 aromatic heterocycles. The highest BCUT2D eigenvalue weighted by Crippen LogP contribution is 2.41. The largest absolute Gasteiger partial charge is 0.481 e. The average molecular weight is 591 g/mol. The molecule has 0 aromatic carbocycles. The van der Waals surface area contributed by atoms with Gasteiger partial charge in [0.2, 0.25) is 0 Å². The van der Waals surface area contributed by atoms with Gasteiger partial charge in [-0.15, -0.1) is 0 Å². The summed E-state index contributed by atoms with van der Waals surface area (Å²) in [7, 11) is 0. The van der Waals surface area contributed by atoms with Crippen molar-refractivity contribution in [1.82, 2.24) is 14.7 Å². The lowest BCUT2D eigenvalue weighted by molar-refractivity contribution is -0.147. The van der Waals surface area contributed by atoms with Crippen molar-refractivity contribution in [2.24, 2.45) is 11.3 Å². The smallest absolute Gasteiger partial charge is 0.433 e. The van der Waals surface area contributed by atoms with Crippen molar-refractivity contribution >= 4 is 35.1 Å². The highest BCUT2D eigenvalue weighted by atomic mass is 35.5. The van der Waals surface area contributed by atoms with Gasteiger partial charge in [0.15, 0.2) is 5.69 Å². The highest BCUT2D eigenvalue weighted by molar-refractivity contribution is 6.36. The van der Waals surface area contributed by atoms with Crippen LogP contribution in [0.2, 0.25) is 0 Å². The predicted octanol–water partition coefficient (Wildman–Crippen LogP) is 7.95. The Morgan fingerprint density at radius 3 is 2.26 bits per heavy atom. The summed E-state index contributed by atoms with van der Waals surface area (Å²) in [6.07, 6.45) is 1.75. The Balaban J connectivity index is 1.96.